The number of carbonyl (C=O) groups is 2. The van der Waals surface area contributed by atoms with Crippen LogP contribution in [0.1, 0.15) is 32.6 Å². The van der Waals surface area contributed by atoms with E-state index in [1.165, 1.54) is 7.05 Å². The van der Waals surface area contributed by atoms with E-state index in [1.54, 1.807) is 6.92 Å². The molecule has 0 heterocycles. The largest absolute Gasteiger partial charge is 0.300 e. The van der Waals surface area contributed by atoms with Crippen molar-refractivity contribution in [2.24, 2.45) is 17.7 Å². The van der Waals surface area contributed by atoms with Gasteiger partial charge in [0.2, 0.25) is 5.91 Å². The monoisotopic (exact) mass is 198 g/mol. The Kier molecular flexibility index (Phi) is 3.63. The van der Waals surface area contributed by atoms with E-state index in [2.05, 4.69) is 0 Å². The van der Waals surface area contributed by atoms with Gasteiger partial charge in [0.1, 0.15) is 5.78 Å². The van der Waals surface area contributed by atoms with Crippen LogP contribution in [0.3, 0.4) is 0 Å². The van der Waals surface area contributed by atoms with Gasteiger partial charge in [-0.05, 0) is 19.8 Å². The average Bonchev–Trinajstić information content (AvgIpc) is 2.16. The van der Waals surface area contributed by atoms with Crippen LogP contribution in [-0.4, -0.2) is 23.7 Å². The molecule has 0 saturated heterocycles. The zero-order valence-corrected chi connectivity index (χ0v) is 8.82. The van der Waals surface area contributed by atoms with E-state index < -0.39 is 0 Å². The molecule has 0 aromatic carbocycles. The van der Waals surface area contributed by atoms with Crippen LogP contribution in [-0.2, 0) is 9.59 Å². The smallest absolute Gasteiger partial charge is 0.240 e. The molecule has 1 aliphatic rings. The molecular formula is C10H18N2O2. The molecule has 4 nitrogen and oxygen atoms in total. The molecule has 2 atom stereocenters. The van der Waals surface area contributed by atoms with Crippen molar-refractivity contribution >= 4 is 11.7 Å². The highest BCUT2D eigenvalue weighted by Gasteiger charge is 2.34. The fourth-order valence-corrected chi connectivity index (χ4v) is 2.17. The van der Waals surface area contributed by atoms with E-state index in [4.69, 9.17) is 5.84 Å². The third-order valence-corrected chi connectivity index (χ3v) is 2.95. The summed E-state index contributed by atoms with van der Waals surface area (Å²) in [6.07, 6.45) is 3.69. The molecule has 0 spiro atoms. The van der Waals surface area contributed by atoms with Crippen molar-refractivity contribution < 1.29 is 9.59 Å². The first-order valence-electron chi connectivity index (χ1n) is 5.06. The molecule has 80 valence electrons. The number of rotatable bonds is 2. The molecule has 4 heteroatoms. The highest BCUT2D eigenvalue weighted by atomic mass is 16.2. The minimum absolute atomic E-state index is 0.107. The van der Waals surface area contributed by atoms with E-state index in [0.717, 1.165) is 30.7 Å². The minimum atomic E-state index is -0.184. The molecule has 1 amide bonds. The van der Waals surface area contributed by atoms with Crippen LogP contribution in [0.5, 0.6) is 0 Å². The lowest BCUT2D eigenvalue weighted by Crippen LogP contribution is -2.43. The average molecular weight is 198 g/mol. The first-order chi connectivity index (χ1) is 6.54. The number of hydrazine groups is 1. The van der Waals surface area contributed by atoms with Crippen LogP contribution in [0.2, 0.25) is 0 Å². The lowest BCUT2D eigenvalue weighted by atomic mass is 9.76. The van der Waals surface area contributed by atoms with Gasteiger partial charge in [0.15, 0.2) is 0 Å². The summed E-state index contributed by atoms with van der Waals surface area (Å²) in [5.41, 5.74) is 0. The van der Waals surface area contributed by atoms with Crippen LogP contribution in [0.4, 0.5) is 0 Å². The van der Waals surface area contributed by atoms with Gasteiger partial charge >= 0.3 is 0 Å². The molecule has 1 fully saturated rings. The summed E-state index contributed by atoms with van der Waals surface area (Å²) in [7, 11) is 1.54. The van der Waals surface area contributed by atoms with Gasteiger partial charge in [-0.15, -0.1) is 0 Å². The maximum Gasteiger partial charge on any atom is 0.240 e. The van der Waals surface area contributed by atoms with Crippen LogP contribution in [0.25, 0.3) is 0 Å². The summed E-state index contributed by atoms with van der Waals surface area (Å²) in [4.78, 5) is 23.0. The zero-order valence-electron chi connectivity index (χ0n) is 8.82. The molecule has 1 saturated carbocycles. The van der Waals surface area contributed by atoms with Gasteiger partial charge in [-0.3, -0.25) is 14.6 Å². The van der Waals surface area contributed by atoms with Gasteiger partial charge in [-0.2, -0.15) is 0 Å². The highest BCUT2D eigenvalue weighted by Crippen LogP contribution is 2.31. The zero-order chi connectivity index (χ0) is 10.7. The second kappa shape index (κ2) is 4.55. The molecule has 0 bridgehead atoms. The maximum absolute atomic E-state index is 11.7. The number of hydrogen-bond acceptors (Lipinski definition) is 3. The van der Waals surface area contributed by atoms with Crippen LogP contribution < -0.4 is 5.84 Å². The van der Waals surface area contributed by atoms with Gasteiger partial charge in [0.05, 0.1) is 0 Å². The lowest BCUT2D eigenvalue weighted by Gasteiger charge is -2.30. The Morgan fingerprint density at radius 3 is 2.14 bits per heavy atom. The predicted molar refractivity (Wildman–Crippen MR) is 53.1 cm³/mol. The van der Waals surface area contributed by atoms with E-state index in [1.807, 2.05) is 0 Å². The van der Waals surface area contributed by atoms with E-state index in [-0.39, 0.29) is 23.5 Å². The number of hydrogen-bond donors (Lipinski definition) is 1. The Labute approximate surface area is 84.4 Å². The van der Waals surface area contributed by atoms with Crippen LogP contribution in [0.15, 0.2) is 0 Å². The van der Waals surface area contributed by atoms with Crippen molar-refractivity contribution in [1.82, 2.24) is 5.01 Å². The number of carbonyl (C=O) groups excluding carboxylic acids is 2. The first-order valence-corrected chi connectivity index (χ1v) is 5.06. The number of Topliss-reactive ketones (excluding diaryl/α,β-unsaturated/α-hetero) is 1. The van der Waals surface area contributed by atoms with Gasteiger partial charge in [-0.25, -0.2) is 5.84 Å². The molecule has 14 heavy (non-hydrogen) atoms. The van der Waals surface area contributed by atoms with Gasteiger partial charge in [0, 0.05) is 18.9 Å². The number of nitrogens with two attached hydrogens (primary N) is 1. The van der Waals surface area contributed by atoms with Crippen molar-refractivity contribution in [3.8, 4) is 0 Å². The standard InChI is InChI=1S/C10H18N2O2/c1-7(13)8-5-3-4-6-9(8)10(14)12(2)11/h8-9H,3-6,11H2,1-2H3/t8-,9-/m0/s1. The van der Waals surface area contributed by atoms with E-state index in [9.17, 15) is 9.59 Å². The second-order valence-corrected chi connectivity index (χ2v) is 4.06. The Morgan fingerprint density at radius 1 is 1.21 bits per heavy atom. The van der Waals surface area contributed by atoms with Gasteiger partial charge < -0.3 is 0 Å². The Morgan fingerprint density at radius 2 is 1.71 bits per heavy atom. The Balaban J connectivity index is 2.72. The van der Waals surface area contributed by atoms with Crippen molar-refractivity contribution in [2.45, 2.75) is 32.6 Å². The number of ketones is 1. The summed E-state index contributed by atoms with van der Waals surface area (Å²) < 4.78 is 0. The van der Waals surface area contributed by atoms with Gasteiger partial charge in [-0.1, -0.05) is 12.8 Å². The van der Waals surface area contributed by atoms with Gasteiger partial charge in [0.25, 0.3) is 0 Å². The molecular weight excluding hydrogens is 180 g/mol. The fraction of sp³-hybridized carbons (Fsp3) is 0.800. The van der Waals surface area contributed by atoms with Crippen molar-refractivity contribution in [3.05, 3.63) is 0 Å². The number of amides is 1. The summed E-state index contributed by atoms with van der Waals surface area (Å²) >= 11 is 0. The molecule has 0 aromatic rings. The summed E-state index contributed by atoms with van der Waals surface area (Å²) in [6.45, 7) is 1.56. The summed E-state index contributed by atoms with van der Waals surface area (Å²) in [5, 5.41) is 1.10. The molecule has 2 N–H and O–H groups in total. The van der Waals surface area contributed by atoms with Crippen LogP contribution >= 0.6 is 0 Å². The molecule has 0 aliphatic heterocycles. The van der Waals surface area contributed by atoms with Crippen molar-refractivity contribution in [3.63, 3.8) is 0 Å². The molecule has 0 radical (unpaired) electrons. The maximum atomic E-state index is 11.7. The normalized spacial score (nSPS) is 27.1. The van der Waals surface area contributed by atoms with Crippen molar-refractivity contribution in [2.75, 3.05) is 7.05 Å². The second-order valence-electron chi connectivity index (χ2n) is 4.06. The topological polar surface area (TPSA) is 63.4 Å². The minimum Gasteiger partial charge on any atom is -0.300 e. The van der Waals surface area contributed by atoms with Crippen LogP contribution in [0, 0.1) is 11.8 Å². The van der Waals surface area contributed by atoms with E-state index >= 15 is 0 Å². The predicted octanol–water partition coefficient (Wildman–Crippen LogP) is 0.714. The third kappa shape index (κ3) is 2.32. The Bertz CT molecular complexity index is 238. The first kappa shape index (κ1) is 11.2. The third-order valence-electron chi connectivity index (χ3n) is 2.95. The Hall–Kier alpha value is -0.900. The molecule has 1 aliphatic carbocycles. The summed E-state index contributed by atoms with van der Waals surface area (Å²) in [6, 6.07) is 0. The highest BCUT2D eigenvalue weighted by molar-refractivity contribution is 5.87. The molecule has 1 rings (SSSR count). The molecule has 0 aromatic heterocycles. The number of nitrogens with zero attached hydrogens (tertiary/aromatic N) is 1. The lowest BCUT2D eigenvalue weighted by molar-refractivity contribution is -0.141. The SMILES string of the molecule is CC(=O)[C@@H]1CCCC[C@@H]1C(=O)N(C)N. The van der Waals surface area contributed by atoms with E-state index in [0.29, 0.717) is 0 Å². The molecule has 0 unspecified atom stereocenters. The van der Waals surface area contributed by atoms with Crippen molar-refractivity contribution in [1.29, 1.82) is 0 Å². The summed E-state index contributed by atoms with van der Waals surface area (Å²) in [5.74, 6) is 5.12. The quantitative estimate of drug-likeness (QED) is 0.404. The fourth-order valence-electron chi connectivity index (χ4n) is 2.17.